The van der Waals surface area contributed by atoms with E-state index in [2.05, 4.69) is 4.90 Å². The van der Waals surface area contributed by atoms with E-state index < -0.39 is 0 Å². The molecule has 100 valence electrons. The first-order valence-electron chi connectivity index (χ1n) is 6.35. The number of rotatable bonds is 3. The highest BCUT2D eigenvalue weighted by Gasteiger charge is 2.25. The second-order valence-electron chi connectivity index (χ2n) is 4.95. The molecule has 0 spiro atoms. The molecule has 1 aromatic carbocycles. The highest BCUT2D eigenvalue weighted by atomic mass is 16.5. The smallest absolute Gasteiger partial charge is 0.0984 e. The lowest BCUT2D eigenvalue weighted by molar-refractivity contribution is -0.0421. The number of morpholine rings is 1. The Morgan fingerprint density at radius 2 is 2.11 bits per heavy atom. The molecule has 0 bridgehead atoms. The average molecular weight is 251 g/mol. The maximum Gasteiger partial charge on any atom is 0.0984 e. The van der Waals surface area contributed by atoms with E-state index in [1.807, 2.05) is 32.0 Å². The Balaban J connectivity index is 2.24. The van der Waals surface area contributed by atoms with Gasteiger partial charge in [0.1, 0.15) is 0 Å². The number of aliphatic hydroxyl groups is 2. The fraction of sp³-hybridized carbons (Fsp3) is 0.571. The van der Waals surface area contributed by atoms with Crippen LogP contribution in [0.15, 0.2) is 18.2 Å². The molecular weight excluding hydrogens is 230 g/mol. The molecule has 0 amide bonds. The molecule has 1 fully saturated rings. The number of ether oxygens (including phenoxy) is 1. The Morgan fingerprint density at radius 3 is 2.78 bits per heavy atom. The summed E-state index contributed by atoms with van der Waals surface area (Å²) in [6.45, 7) is 5.53. The van der Waals surface area contributed by atoms with Gasteiger partial charge in [0.25, 0.3) is 0 Å². The number of benzene rings is 1. The lowest BCUT2D eigenvalue weighted by atomic mass is 10.1. The van der Waals surface area contributed by atoms with Crippen molar-refractivity contribution >= 4 is 5.69 Å². The van der Waals surface area contributed by atoms with Crippen molar-refractivity contribution in [2.24, 2.45) is 0 Å². The first-order valence-corrected chi connectivity index (χ1v) is 6.35. The summed E-state index contributed by atoms with van der Waals surface area (Å²) in [7, 11) is 0. The molecule has 4 nitrogen and oxygen atoms in total. The van der Waals surface area contributed by atoms with Crippen LogP contribution in [0.5, 0.6) is 0 Å². The van der Waals surface area contributed by atoms with E-state index in [0.717, 1.165) is 23.4 Å². The molecule has 1 aliphatic rings. The van der Waals surface area contributed by atoms with Gasteiger partial charge in [-0.25, -0.2) is 0 Å². The van der Waals surface area contributed by atoms with Gasteiger partial charge in [-0.1, -0.05) is 17.7 Å². The highest BCUT2D eigenvalue weighted by Crippen LogP contribution is 2.25. The Kier molecular flexibility index (Phi) is 4.22. The Bertz CT molecular complexity index is 408. The predicted molar refractivity (Wildman–Crippen MR) is 70.7 cm³/mol. The third-order valence-electron chi connectivity index (χ3n) is 3.28. The summed E-state index contributed by atoms with van der Waals surface area (Å²) in [5.41, 5.74) is 3.11. The Morgan fingerprint density at radius 1 is 1.33 bits per heavy atom. The molecule has 0 aliphatic carbocycles. The summed E-state index contributed by atoms with van der Waals surface area (Å²) in [6.07, 6.45) is -0.0645. The number of hydrogen-bond donors (Lipinski definition) is 2. The van der Waals surface area contributed by atoms with Gasteiger partial charge in [0.2, 0.25) is 0 Å². The van der Waals surface area contributed by atoms with Gasteiger partial charge in [0.15, 0.2) is 0 Å². The lowest BCUT2D eigenvalue weighted by Gasteiger charge is -2.38. The zero-order valence-corrected chi connectivity index (χ0v) is 11.0. The molecule has 0 aromatic heterocycles. The fourth-order valence-corrected chi connectivity index (χ4v) is 2.49. The van der Waals surface area contributed by atoms with Gasteiger partial charge in [0, 0.05) is 24.3 Å². The third kappa shape index (κ3) is 2.83. The summed E-state index contributed by atoms with van der Waals surface area (Å²) in [5, 5.41) is 18.7. The van der Waals surface area contributed by atoms with Crippen LogP contribution in [-0.4, -0.2) is 42.1 Å². The molecule has 1 aromatic rings. The van der Waals surface area contributed by atoms with Gasteiger partial charge in [-0.05, 0) is 19.9 Å². The maximum atomic E-state index is 9.46. The van der Waals surface area contributed by atoms with Gasteiger partial charge < -0.3 is 19.8 Å². The Labute approximate surface area is 108 Å². The molecule has 0 saturated carbocycles. The molecule has 18 heavy (non-hydrogen) atoms. The molecule has 2 rings (SSSR count). The van der Waals surface area contributed by atoms with Crippen molar-refractivity contribution in [3.05, 3.63) is 29.3 Å². The minimum atomic E-state index is -0.151. The highest BCUT2D eigenvalue weighted by molar-refractivity contribution is 5.55. The Hall–Kier alpha value is -1.10. The first kappa shape index (κ1) is 13.3. The monoisotopic (exact) mass is 251 g/mol. The summed E-state index contributed by atoms with van der Waals surface area (Å²) in [5.74, 6) is 0. The third-order valence-corrected chi connectivity index (χ3v) is 3.28. The quantitative estimate of drug-likeness (QED) is 0.844. The molecule has 2 atom stereocenters. The van der Waals surface area contributed by atoms with Crippen LogP contribution in [0.3, 0.4) is 0 Å². The van der Waals surface area contributed by atoms with Crippen LogP contribution in [-0.2, 0) is 11.3 Å². The SMILES string of the molecule is Cc1ccc(N2CC(C)OC(CO)C2)c(CO)c1. The number of nitrogens with zero attached hydrogens (tertiary/aromatic N) is 1. The van der Waals surface area contributed by atoms with Crippen LogP contribution in [0.1, 0.15) is 18.1 Å². The normalized spacial score (nSPS) is 24.3. The van der Waals surface area contributed by atoms with E-state index in [0.29, 0.717) is 6.54 Å². The van der Waals surface area contributed by atoms with Crippen molar-refractivity contribution in [3.63, 3.8) is 0 Å². The number of anilines is 1. The standard InChI is InChI=1S/C14H21NO3/c1-10-3-4-14(12(5-10)8-16)15-6-11(2)18-13(7-15)9-17/h3-5,11,13,16-17H,6-9H2,1-2H3. The zero-order chi connectivity index (χ0) is 13.1. The van der Waals surface area contributed by atoms with Gasteiger partial charge >= 0.3 is 0 Å². The molecule has 1 saturated heterocycles. The van der Waals surface area contributed by atoms with E-state index in [4.69, 9.17) is 4.74 Å². The molecule has 2 N–H and O–H groups in total. The number of aryl methyl sites for hydroxylation is 1. The van der Waals surface area contributed by atoms with E-state index in [9.17, 15) is 10.2 Å². The van der Waals surface area contributed by atoms with Gasteiger partial charge in [-0.15, -0.1) is 0 Å². The lowest BCUT2D eigenvalue weighted by Crippen LogP contribution is -2.48. The summed E-state index contributed by atoms with van der Waals surface area (Å²) in [6, 6.07) is 6.08. The van der Waals surface area contributed by atoms with Crippen LogP contribution in [0.25, 0.3) is 0 Å². The second kappa shape index (κ2) is 5.69. The number of aliphatic hydroxyl groups excluding tert-OH is 2. The molecule has 1 heterocycles. The van der Waals surface area contributed by atoms with Crippen molar-refractivity contribution in [1.29, 1.82) is 0 Å². The number of hydrogen-bond acceptors (Lipinski definition) is 4. The molecule has 1 aliphatic heterocycles. The zero-order valence-electron chi connectivity index (χ0n) is 11.0. The van der Waals surface area contributed by atoms with Gasteiger partial charge in [-0.2, -0.15) is 0 Å². The molecular formula is C14H21NO3. The van der Waals surface area contributed by atoms with Crippen LogP contribution in [0.4, 0.5) is 5.69 Å². The summed E-state index contributed by atoms with van der Waals surface area (Å²) < 4.78 is 5.63. The van der Waals surface area contributed by atoms with Gasteiger partial charge in [-0.3, -0.25) is 0 Å². The van der Waals surface area contributed by atoms with Crippen LogP contribution < -0.4 is 4.90 Å². The van der Waals surface area contributed by atoms with Crippen molar-refractivity contribution < 1.29 is 14.9 Å². The molecule has 0 radical (unpaired) electrons. The van der Waals surface area contributed by atoms with E-state index >= 15 is 0 Å². The largest absolute Gasteiger partial charge is 0.394 e. The van der Waals surface area contributed by atoms with E-state index in [1.165, 1.54) is 0 Å². The van der Waals surface area contributed by atoms with Gasteiger partial charge in [0.05, 0.1) is 25.4 Å². The van der Waals surface area contributed by atoms with Crippen LogP contribution in [0.2, 0.25) is 0 Å². The van der Waals surface area contributed by atoms with Crippen molar-refractivity contribution in [2.75, 3.05) is 24.6 Å². The second-order valence-corrected chi connectivity index (χ2v) is 4.95. The van der Waals surface area contributed by atoms with Crippen LogP contribution in [0, 0.1) is 6.92 Å². The minimum Gasteiger partial charge on any atom is -0.394 e. The fourth-order valence-electron chi connectivity index (χ4n) is 2.49. The van der Waals surface area contributed by atoms with Crippen LogP contribution >= 0.6 is 0 Å². The first-order chi connectivity index (χ1) is 8.63. The van der Waals surface area contributed by atoms with E-state index in [1.54, 1.807) is 0 Å². The molecule has 4 heteroatoms. The summed E-state index contributed by atoms with van der Waals surface area (Å²) >= 11 is 0. The van der Waals surface area contributed by atoms with Crippen molar-refractivity contribution in [1.82, 2.24) is 0 Å². The topological polar surface area (TPSA) is 52.9 Å². The maximum absolute atomic E-state index is 9.46. The predicted octanol–water partition coefficient (Wildman–Crippen LogP) is 1.07. The van der Waals surface area contributed by atoms with E-state index in [-0.39, 0.29) is 25.4 Å². The van der Waals surface area contributed by atoms with Crippen molar-refractivity contribution in [3.8, 4) is 0 Å². The van der Waals surface area contributed by atoms with Crippen molar-refractivity contribution in [2.45, 2.75) is 32.7 Å². The average Bonchev–Trinajstić information content (AvgIpc) is 2.37. The molecule has 2 unspecified atom stereocenters. The summed E-state index contributed by atoms with van der Waals surface area (Å²) in [4.78, 5) is 2.18. The minimum absolute atomic E-state index is 0.0289.